The Kier molecular flexibility index (Phi) is 6.12. The van der Waals surface area contributed by atoms with Crippen molar-refractivity contribution in [3.05, 3.63) is 102 Å². The average Bonchev–Trinajstić information content (AvgIpc) is 3.32. The first kappa shape index (κ1) is 23.9. The molecule has 1 unspecified atom stereocenters. The van der Waals surface area contributed by atoms with Crippen LogP contribution in [0.25, 0.3) is 16.4 Å². The Morgan fingerprint density at radius 2 is 1.76 bits per heavy atom. The number of hydrogen-bond donors (Lipinski definition) is 0. The van der Waals surface area contributed by atoms with Crippen LogP contribution < -0.4 is 14.2 Å². The van der Waals surface area contributed by atoms with E-state index in [0.29, 0.717) is 30.2 Å². The summed E-state index contributed by atoms with van der Waals surface area (Å²) in [4.78, 5) is 20.5. The molecule has 1 aliphatic rings. The molecule has 3 heterocycles. The lowest BCUT2D eigenvalue weighted by Crippen LogP contribution is -2.43. The Balaban J connectivity index is 1.38. The van der Waals surface area contributed by atoms with Gasteiger partial charge in [-0.25, -0.2) is 4.98 Å². The number of nitrogens with zero attached hydrogens (tertiary/aromatic N) is 3. The topological polar surface area (TPSA) is 65.3 Å². The van der Waals surface area contributed by atoms with Crippen molar-refractivity contribution in [1.82, 2.24) is 14.3 Å². The van der Waals surface area contributed by atoms with Gasteiger partial charge in [0.15, 0.2) is 18.1 Å². The number of rotatable bonds is 6. The number of aryl methyl sites for hydroxylation is 1. The third-order valence-electron chi connectivity index (χ3n) is 7.17. The Morgan fingerprint density at radius 1 is 0.947 bits per heavy atom. The van der Waals surface area contributed by atoms with E-state index in [4.69, 9.17) is 19.2 Å². The molecule has 3 aromatic carbocycles. The standard InChI is InChI=1S/C31H29N3O4/c1-20-8-13-28-32-25-14-15-33(29(35)19-38-24-11-9-21-6-4-5-7-22(21)16-24)30(31(25)34(28)18-20)23-10-12-26(36-2)27(17-23)37-3/h4-13,16-18,30H,14-15,19H2,1-3H3. The van der Waals surface area contributed by atoms with Gasteiger partial charge in [-0.3, -0.25) is 4.79 Å². The average molecular weight is 508 g/mol. The van der Waals surface area contributed by atoms with E-state index in [1.165, 1.54) is 0 Å². The van der Waals surface area contributed by atoms with Crippen molar-refractivity contribution >= 4 is 22.3 Å². The number of aromatic nitrogens is 2. The Bertz CT molecular complexity index is 1660. The second kappa shape index (κ2) is 9.74. The van der Waals surface area contributed by atoms with Crippen LogP contribution in [0.4, 0.5) is 0 Å². The first-order valence-electron chi connectivity index (χ1n) is 12.7. The van der Waals surface area contributed by atoms with E-state index in [2.05, 4.69) is 29.7 Å². The molecule has 5 aromatic rings. The van der Waals surface area contributed by atoms with Crippen molar-refractivity contribution in [2.45, 2.75) is 19.4 Å². The van der Waals surface area contributed by atoms with Crippen molar-refractivity contribution in [1.29, 1.82) is 0 Å². The highest BCUT2D eigenvalue weighted by atomic mass is 16.5. The zero-order valence-corrected chi connectivity index (χ0v) is 21.7. The molecule has 7 nitrogen and oxygen atoms in total. The number of methoxy groups -OCH3 is 2. The number of amides is 1. The van der Waals surface area contributed by atoms with Crippen LogP contribution in [0, 0.1) is 6.92 Å². The summed E-state index contributed by atoms with van der Waals surface area (Å²) in [6.07, 6.45) is 2.75. The number of ether oxygens (including phenoxy) is 3. The van der Waals surface area contributed by atoms with Gasteiger partial charge in [0.25, 0.3) is 5.91 Å². The molecule has 0 radical (unpaired) electrons. The van der Waals surface area contributed by atoms with Crippen molar-refractivity contribution in [3.63, 3.8) is 0 Å². The molecule has 0 saturated heterocycles. The molecule has 192 valence electrons. The zero-order chi connectivity index (χ0) is 26.2. The molecule has 7 heteroatoms. The van der Waals surface area contributed by atoms with Crippen LogP contribution >= 0.6 is 0 Å². The summed E-state index contributed by atoms with van der Waals surface area (Å²) < 4.78 is 19.2. The van der Waals surface area contributed by atoms with E-state index in [-0.39, 0.29) is 18.6 Å². The molecule has 0 aliphatic carbocycles. The highest BCUT2D eigenvalue weighted by molar-refractivity contribution is 5.84. The summed E-state index contributed by atoms with van der Waals surface area (Å²) in [5.41, 5.74) is 4.89. The summed E-state index contributed by atoms with van der Waals surface area (Å²) in [7, 11) is 3.23. The minimum atomic E-state index is -0.358. The van der Waals surface area contributed by atoms with Gasteiger partial charge < -0.3 is 23.5 Å². The SMILES string of the molecule is COc1ccc(C2c3c(nc4ccc(C)cn34)CCN2C(=O)COc2ccc3ccccc3c2)cc1OC. The highest BCUT2D eigenvalue weighted by Crippen LogP contribution is 2.39. The molecule has 1 amide bonds. The maximum Gasteiger partial charge on any atom is 0.261 e. The lowest BCUT2D eigenvalue weighted by Gasteiger charge is -2.36. The van der Waals surface area contributed by atoms with E-state index in [1.807, 2.05) is 65.6 Å². The third kappa shape index (κ3) is 4.20. The number of carbonyl (C=O) groups is 1. The number of carbonyl (C=O) groups excluding carboxylic acids is 1. The van der Waals surface area contributed by atoms with Crippen LogP contribution in [0.15, 0.2) is 79.0 Å². The molecule has 1 atom stereocenters. The van der Waals surface area contributed by atoms with Crippen LogP contribution in [0.1, 0.15) is 28.6 Å². The molecule has 6 rings (SSSR count). The van der Waals surface area contributed by atoms with E-state index in [1.54, 1.807) is 14.2 Å². The van der Waals surface area contributed by atoms with E-state index in [9.17, 15) is 4.79 Å². The van der Waals surface area contributed by atoms with Crippen LogP contribution in [0.5, 0.6) is 17.2 Å². The highest BCUT2D eigenvalue weighted by Gasteiger charge is 2.36. The molecule has 0 N–H and O–H groups in total. The Hall–Kier alpha value is -4.52. The molecule has 1 aliphatic heterocycles. The normalized spacial score (nSPS) is 14.9. The smallest absolute Gasteiger partial charge is 0.261 e. The maximum atomic E-state index is 13.7. The monoisotopic (exact) mass is 507 g/mol. The molecular weight excluding hydrogens is 478 g/mol. The second-order valence-electron chi connectivity index (χ2n) is 9.53. The molecule has 2 aromatic heterocycles. The quantitative estimate of drug-likeness (QED) is 0.309. The summed E-state index contributed by atoms with van der Waals surface area (Å²) >= 11 is 0. The van der Waals surface area contributed by atoms with E-state index >= 15 is 0 Å². The number of fused-ring (bicyclic) bond motifs is 4. The fourth-order valence-electron chi connectivity index (χ4n) is 5.31. The lowest BCUT2D eigenvalue weighted by molar-refractivity contribution is -0.135. The van der Waals surface area contributed by atoms with Crippen molar-refractivity contribution < 1.29 is 19.0 Å². The van der Waals surface area contributed by atoms with Crippen LogP contribution in [-0.4, -0.2) is 47.6 Å². The third-order valence-corrected chi connectivity index (χ3v) is 7.17. The minimum Gasteiger partial charge on any atom is -0.493 e. The van der Waals surface area contributed by atoms with Crippen molar-refractivity contribution in [2.75, 3.05) is 27.4 Å². The number of hydrogen-bond acceptors (Lipinski definition) is 5. The molecule has 0 fully saturated rings. The summed E-state index contributed by atoms with van der Waals surface area (Å²) in [5.74, 6) is 1.83. The van der Waals surface area contributed by atoms with Crippen molar-refractivity contribution in [3.8, 4) is 17.2 Å². The van der Waals surface area contributed by atoms with Gasteiger partial charge in [-0.05, 0) is 59.2 Å². The fourth-order valence-corrected chi connectivity index (χ4v) is 5.31. The van der Waals surface area contributed by atoms with Gasteiger partial charge in [0, 0.05) is 19.2 Å². The van der Waals surface area contributed by atoms with Gasteiger partial charge in [0.1, 0.15) is 11.4 Å². The van der Waals surface area contributed by atoms with E-state index < -0.39 is 0 Å². The molecule has 38 heavy (non-hydrogen) atoms. The Morgan fingerprint density at radius 3 is 2.58 bits per heavy atom. The van der Waals surface area contributed by atoms with Crippen LogP contribution in [0.3, 0.4) is 0 Å². The fraction of sp³-hybridized carbons (Fsp3) is 0.226. The van der Waals surface area contributed by atoms with E-state index in [0.717, 1.165) is 38.9 Å². The van der Waals surface area contributed by atoms with Gasteiger partial charge in [-0.15, -0.1) is 0 Å². The summed E-state index contributed by atoms with van der Waals surface area (Å²) in [6.45, 7) is 2.53. The van der Waals surface area contributed by atoms with Gasteiger partial charge in [0.05, 0.1) is 31.6 Å². The maximum absolute atomic E-state index is 13.7. The zero-order valence-electron chi connectivity index (χ0n) is 21.7. The van der Waals surface area contributed by atoms with Crippen molar-refractivity contribution in [2.24, 2.45) is 0 Å². The Labute approximate surface area is 221 Å². The molecule has 0 saturated carbocycles. The molecule has 0 bridgehead atoms. The predicted molar refractivity (Wildman–Crippen MR) is 146 cm³/mol. The molecular formula is C31H29N3O4. The van der Waals surface area contributed by atoms with Gasteiger partial charge in [0.2, 0.25) is 0 Å². The van der Waals surface area contributed by atoms with Crippen LogP contribution in [0.2, 0.25) is 0 Å². The number of pyridine rings is 1. The minimum absolute atomic E-state index is 0.0623. The number of benzene rings is 3. The van der Waals surface area contributed by atoms with Crippen LogP contribution in [-0.2, 0) is 11.2 Å². The second-order valence-corrected chi connectivity index (χ2v) is 9.53. The first-order chi connectivity index (χ1) is 18.6. The number of imidazole rings is 1. The predicted octanol–water partition coefficient (Wildman–Crippen LogP) is 5.37. The lowest BCUT2D eigenvalue weighted by atomic mass is 9.95. The van der Waals surface area contributed by atoms with Gasteiger partial charge >= 0.3 is 0 Å². The van der Waals surface area contributed by atoms with Gasteiger partial charge in [-0.2, -0.15) is 0 Å². The first-order valence-corrected chi connectivity index (χ1v) is 12.7. The summed E-state index contributed by atoms with van der Waals surface area (Å²) in [5, 5.41) is 2.20. The largest absolute Gasteiger partial charge is 0.493 e. The molecule has 0 spiro atoms. The summed E-state index contributed by atoms with van der Waals surface area (Å²) in [6, 6.07) is 23.5. The van der Waals surface area contributed by atoms with Gasteiger partial charge in [-0.1, -0.05) is 42.5 Å².